The summed E-state index contributed by atoms with van der Waals surface area (Å²) in [5, 5.41) is 5.98. The number of halogens is 2. The van der Waals surface area contributed by atoms with Crippen LogP contribution in [0.4, 0.5) is 5.69 Å². The molecule has 28 heavy (non-hydrogen) atoms. The van der Waals surface area contributed by atoms with Crippen molar-refractivity contribution in [2.24, 2.45) is 0 Å². The Kier molecular flexibility index (Phi) is 5.74. The number of rotatable bonds is 4. The molecule has 0 saturated heterocycles. The van der Waals surface area contributed by atoms with Crippen molar-refractivity contribution in [3.8, 4) is 0 Å². The standard InChI is InChI=1S/C22H20Cl2N2OS/c1-14-7-8-17(23)21(20(14)24)25-19(27)13-26-11-9-18-16(10-12-28-18)22(26)15-5-3-2-4-6-15/h2-8,10,12,22H,9,11,13H2,1H3,(H,25,27)/t22-/m0/s1. The largest absolute Gasteiger partial charge is 0.322 e. The van der Waals surface area contributed by atoms with Crippen LogP contribution in [-0.2, 0) is 11.2 Å². The normalized spacial score (nSPS) is 16.6. The van der Waals surface area contributed by atoms with E-state index in [2.05, 4.69) is 33.8 Å². The first-order valence-electron chi connectivity index (χ1n) is 9.14. The monoisotopic (exact) mass is 430 g/mol. The van der Waals surface area contributed by atoms with Gasteiger partial charge in [0.25, 0.3) is 0 Å². The van der Waals surface area contributed by atoms with Gasteiger partial charge in [0.15, 0.2) is 0 Å². The average molecular weight is 431 g/mol. The van der Waals surface area contributed by atoms with Crippen molar-refractivity contribution in [3.63, 3.8) is 0 Å². The van der Waals surface area contributed by atoms with Crippen LogP contribution in [0.25, 0.3) is 0 Å². The predicted molar refractivity (Wildman–Crippen MR) is 118 cm³/mol. The Bertz CT molecular complexity index is 1000. The smallest absolute Gasteiger partial charge is 0.238 e. The van der Waals surface area contributed by atoms with E-state index in [0.29, 0.717) is 15.7 Å². The fourth-order valence-electron chi connectivity index (χ4n) is 3.70. The second-order valence-electron chi connectivity index (χ2n) is 6.93. The number of nitrogens with zero attached hydrogens (tertiary/aromatic N) is 1. The molecule has 3 nitrogen and oxygen atoms in total. The molecule has 3 aromatic rings. The van der Waals surface area contributed by atoms with Gasteiger partial charge in [-0.05, 0) is 47.5 Å². The van der Waals surface area contributed by atoms with E-state index >= 15 is 0 Å². The molecular formula is C22H20Cl2N2OS. The number of carbonyl (C=O) groups is 1. The Hall–Kier alpha value is -1.85. The van der Waals surface area contributed by atoms with E-state index in [0.717, 1.165) is 18.5 Å². The summed E-state index contributed by atoms with van der Waals surface area (Å²) < 4.78 is 0. The number of thiophene rings is 1. The van der Waals surface area contributed by atoms with Crippen molar-refractivity contribution >= 4 is 46.1 Å². The third-order valence-electron chi connectivity index (χ3n) is 5.08. The number of amides is 1. The van der Waals surface area contributed by atoms with E-state index in [1.807, 2.05) is 31.2 Å². The number of benzene rings is 2. The molecule has 2 aromatic carbocycles. The van der Waals surface area contributed by atoms with Crippen LogP contribution in [0.5, 0.6) is 0 Å². The molecule has 0 radical (unpaired) electrons. The zero-order chi connectivity index (χ0) is 19.7. The van der Waals surface area contributed by atoms with Gasteiger partial charge in [0.2, 0.25) is 5.91 Å². The first-order valence-corrected chi connectivity index (χ1v) is 10.8. The summed E-state index contributed by atoms with van der Waals surface area (Å²) in [6.45, 7) is 2.99. The Balaban J connectivity index is 1.58. The number of fused-ring (bicyclic) bond motifs is 1. The molecule has 2 heterocycles. The maximum Gasteiger partial charge on any atom is 0.238 e. The molecule has 0 unspecified atom stereocenters. The van der Waals surface area contributed by atoms with Crippen LogP contribution in [0.3, 0.4) is 0 Å². The minimum Gasteiger partial charge on any atom is -0.322 e. The van der Waals surface area contributed by atoms with Crippen molar-refractivity contribution in [1.29, 1.82) is 0 Å². The highest BCUT2D eigenvalue weighted by Gasteiger charge is 2.30. The van der Waals surface area contributed by atoms with Crippen LogP contribution >= 0.6 is 34.5 Å². The third-order valence-corrected chi connectivity index (χ3v) is 6.87. The lowest BCUT2D eigenvalue weighted by atomic mass is 9.93. The van der Waals surface area contributed by atoms with E-state index in [1.54, 1.807) is 17.4 Å². The van der Waals surface area contributed by atoms with Crippen molar-refractivity contribution in [3.05, 3.63) is 85.5 Å². The topological polar surface area (TPSA) is 32.3 Å². The van der Waals surface area contributed by atoms with Crippen molar-refractivity contribution in [2.45, 2.75) is 19.4 Å². The number of aryl methyl sites for hydroxylation is 1. The van der Waals surface area contributed by atoms with Crippen LogP contribution < -0.4 is 5.32 Å². The summed E-state index contributed by atoms with van der Waals surface area (Å²) in [4.78, 5) is 16.5. The molecule has 1 amide bonds. The van der Waals surface area contributed by atoms with Crippen LogP contribution in [0.2, 0.25) is 10.0 Å². The number of hydrogen-bond donors (Lipinski definition) is 1. The number of nitrogens with one attached hydrogen (secondary N) is 1. The van der Waals surface area contributed by atoms with Gasteiger partial charge in [-0.3, -0.25) is 9.69 Å². The Morgan fingerprint density at radius 1 is 1.18 bits per heavy atom. The predicted octanol–water partition coefficient (Wildman–Crippen LogP) is 5.95. The van der Waals surface area contributed by atoms with E-state index in [4.69, 9.17) is 23.2 Å². The van der Waals surface area contributed by atoms with Gasteiger partial charge < -0.3 is 5.32 Å². The van der Waals surface area contributed by atoms with Gasteiger partial charge >= 0.3 is 0 Å². The number of hydrogen-bond acceptors (Lipinski definition) is 3. The van der Waals surface area contributed by atoms with Gasteiger partial charge in [-0.1, -0.05) is 59.6 Å². The van der Waals surface area contributed by atoms with Crippen LogP contribution in [-0.4, -0.2) is 23.9 Å². The maximum atomic E-state index is 12.9. The van der Waals surface area contributed by atoms with Crippen molar-refractivity contribution < 1.29 is 4.79 Å². The lowest BCUT2D eigenvalue weighted by molar-refractivity contribution is -0.117. The van der Waals surface area contributed by atoms with Gasteiger partial charge in [0.05, 0.1) is 28.3 Å². The number of carbonyl (C=O) groups excluding carboxylic acids is 1. The molecule has 1 aliphatic heterocycles. The second-order valence-corrected chi connectivity index (χ2v) is 8.72. The summed E-state index contributed by atoms with van der Waals surface area (Å²) in [6.07, 6.45) is 0.954. The zero-order valence-corrected chi connectivity index (χ0v) is 17.7. The van der Waals surface area contributed by atoms with E-state index in [9.17, 15) is 4.79 Å². The Morgan fingerprint density at radius 2 is 1.96 bits per heavy atom. The van der Waals surface area contributed by atoms with Gasteiger partial charge in [-0.25, -0.2) is 0 Å². The van der Waals surface area contributed by atoms with Gasteiger partial charge in [0, 0.05) is 11.4 Å². The third kappa shape index (κ3) is 3.83. The van der Waals surface area contributed by atoms with E-state index < -0.39 is 0 Å². The van der Waals surface area contributed by atoms with Crippen molar-refractivity contribution in [2.75, 3.05) is 18.4 Å². The molecule has 0 bridgehead atoms. The molecule has 1 aromatic heterocycles. The lowest BCUT2D eigenvalue weighted by Crippen LogP contribution is -2.40. The highest BCUT2D eigenvalue weighted by atomic mass is 35.5. The van der Waals surface area contributed by atoms with E-state index in [-0.39, 0.29) is 18.5 Å². The molecule has 4 rings (SSSR count). The maximum absolute atomic E-state index is 12.9. The summed E-state index contributed by atoms with van der Waals surface area (Å²) in [6, 6.07) is 16.2. The second kappa shape index (κ2) is 8.26. The molecule has 0 spiro atoms. The highest BCUT2D eigenvalue weighted by molar-refractivity contribution is 7.10. The van der Waals surface area contributed by atoms with Crippen molar-refractivity contribution in [1.82, 2.24) is 4.90 Å². The van der Waals surface area contributed by atoms with Crippen LogP contribution in [0, 0.1) is 6.92 Å². The van der Waals surface area contributed by atoms with Gasteiger partial charge in [-0.2, -0.15) is 0 Å². The molecule has 1 atom stereocenters. The van der Waals surface area contributed by atoms with E-state index in [1.165, 1.54) is 16.0 Å². The molecule has 0 aliphatic carbocycles. The Labute approximate surface area is 178 Å². The molecule has 144 valence electrons. The summed E-state index contributed by atoms with van der Waals surface area (Å²) in [5.41, 5.74) is 3.85. The average Bonchev–Trinajstić information content (AvgIpc) is 3.17. The SMILES string of the molecule is Cc1ccc(Cl)c(NC(=O)CN2CCc3sccc3[C@@H]2c2ccccc2)c1Cl. The highest BCUT2D eigenvalue weighted by Crippen LogP contribution is 2.38. The molecule has 1 aliphatic rings. The number of anilines is 1. The van der Waals surface area contributed by atoms with Gasteiger partial charge in [0.1, 0.15) is 0 Å². The fraction of sp³-hybridized carbons (Fsp3) is 0.227. The summed E-state index contributed by atoms with van der Waals surface area (Å²) in [5.74, 6) is -0.117. The summed E-state index contributed by atoms with van der Waals surface area (Å²) in [7, 11) is 0. The molecule has 0 fully saturated rings. The molecule has 1 N–H and O–H groups in total. The lowest BCUT2D eigenvalue weighted by Gasteiger charge is -2.35. The van der Waals surface area contributed by atoms with Crippen LogP contribution in [0.15, 0.2) is 53.9 Å². The fourth-order valence-corrected chi connectivity index (χ4v) is 5.07. The summed E-state index contributed by atoms with van der Waals surface area (Å²) >= 11 is 14.4. The Morgan fingerprint density at radius 3 is 2.75 bits per heavy atom. The first kappa shape index (κ1) is 19.5. The zero-order valence-electron chi connectivity index (χ0n) is 15.4. The van der Waals surface area contributed by atoms with Gasteiger partial charge in [-0.15, -0.1) is 11.3 Å². The molecular weight excluding hydrogens is 411 g/mol. The first-order chi connectivity index (χ1) is 13.5. The van der Waals surface area contributed by atoms with Crippen LogP contribution in [0.1, 0.15) is 27.6 Å². The molecule has 6 heteroatoms. The molecule has 0 saturated carbocycles. The quantitative estimate of drug-likeness (QED) is 0.554. The minimum absolute atomic E-state index is 0.0744. The minimum atomic E-state index is -0.117.